The fourth-order valence-electron chi connectivity index (χ4n) is 2.84. The van der Waals surface area contributed by atoms with Crippen molar-refractivity contribution in [1.82, 2.24) is 5.32 Å². The van der Waals surface area contributed by atoms with Crippen molar-refractivity contribution >= 4 is 5.91 Å². The number of hydrogen-bond acceptors (Lipinski definition) is 3. The second kappa shape index (κ2) is 7.41. The van der Waals surface area contributed by atoms with Gasteiger partial charge in [-0.15, -0.1) is 0 Å². The van der Waals surface area contributed by atoms with E-state index in [9.17, 15) is 9.18 Å². The third-order valence-electron chi connectivity index (χ3n) is 4.03. The number of rotatable bonds is 6. The van der Waals surface area contributed by atoms with Crippen LogP contribution < -0.4 is 15.8 Å². The molecule has 1 amide bonds. The van der Waals surface area contributed by atoms with Crippen molar-refractivity contribution in [3.8, 4) is 5.75 Å². The lowest BCUT2D eigenvalue weighted by molar-refractivity contribution is -0.126. The zero-order valence-electron chi connectivity index (χ0n) is 12.3. The molecule has 0 aromatic heterocycles. The van der Waals surface area contributed by atoms with Crippen molar-refractivity contribution in [3.63, 3.8) is 0 Å². The first-order valence-electron chi connectivity index (χ1n) is 7.50. The maximum atomic E-state index is 13.5. The van der Waals surface area contributed by atoms with Crippen LogP contribution in [0.5, 0.6) is 5.75 Å². The molecule has 0 saturated heterocycles. The molecule has 1 aliphatic rings. The summed E-state index contributed by atoms with van der Waals surface area (Å²) < 4.78 is 19.0. The van der Waals surface area contributed by atoms with Gasteiger partial charge in [0.25, 0.3) is 0 Å². The first kappa shape index (κ1) is 15.8. The highest BCUT2D eigenvalue weighted by Crippen LogP contribution is 2.30. The molecule has 1 unspecified atom stereocenters. The first-order chi connectivity index (χ1) is 10.1. The van der Waals surface area contributed by atoms with Gasteiger partial charge in [0.05, 0.1) is 6.54 Å². The van der Waals surface area contributed by atoms with E-state index in [-0.39, 0.29) is 29.6 Å². The Morgan fingerprint density at radius 3 is 2.95 bits per heavy atom. The van der Waals surface area contributed by atoms with Crippen LogP contribution in [0.2, 0.25) is 0 Å². The van der Waals surface area contributed by atoms with Gasteiger partial charge in [0.15, 0.2) is 11.6 Å². The SMILES string of the molecule is CC(CNC(=O)[C@@H]1CCC[C@@H]1CN)Oc1ccccc1F. The Morgan fingerprint density at radius 1 is 1.48 bits per heavy atom. The number of carbonyl (C=O) groups excluding carboxylic acids is 1. The van der Waals surface area contributed by atoms with Gasteiger partial charge in [-0.2, -0.15) is 0 Å². The second-order valence-electron chi connectivity index (χ2n) is 5.64. The highest BCUT2D eigenvalue weighted by molar-refractivity contribution is 5.79. The number of para-hydroxylation sites is 1. The fourth-order valence-corrected chi connectivity index (χ4v) is 2.84. The van der Waals surface area contributed by atoms with E-state index >= 15 is 0 Å². The molecular weight excluding hydrogens is 271 g/mol. The molecule has 0 aliphatic heterocycles. The van der Waals surface area contributed by atoms with Gasteiger partial charge in [0.1, 0.15) is 6.10 Å². The summed E-state index contributed by atoms with van der Waals surface area (Å²) in [7, 11) is 0. The van der Waals surface area contributed by atoms with E-state index in [0.717, 1.165) is 19.3 Å². The number of halogens is 1. The molecule has 2 rings (SSSR count). The van der Waals surface area contributed by atoms with Gasteiger partial charge in [0.2, 0.25) is 5.91 Å². The van der Waals surface area contributed by atoms with E-state index in [4.69, 9.17) is 10.5 Å². The molecule has 1 saturated carbocycles. The molecule has 3 atom stereocenters. The molecule has 5 heteroatoms. The summed E-state index contributed by atoms with van der Waals surface area (Å²) in [6.07, 6.45) is 2.69. The quantitative estimate of drug-likeness (QED) is 0.844. The minimum Gasteiger partial charge on any atom is -0.486 e. The normalized spacial score (nSPS) is 22.8. The minimum absolute atomic E-state index is 0.00987. The highest BCUT2D eigenvalue weighted by atomic mass is 19.1. The Balaban J connectivity index is 1.80. The fraction of sp³-hybridized carbons (Fsp3) is 0.562. The summed E-state index contributed by atoms with van der Waals surface area (Å²) >= 11 is 0. The van der Waals surface area contributed by atoms with Crippen LogP contribution in [-0.2, 0) is 4.79 Å². The maximum Gasteiger partial charge on any atom is 0.223 e. The predicted octanol–water partition coefficient (Wildman–Crippen LogP) is 2.08. The average Bonchev–Trinajstić information content (AvgIpc) is 2.96. The van der Waals surface area contributed by atoms with Crippen LogP contribution in [0.25, 0.3) is 0 Å². The molecule has 1 aliphatic carbocycles. The van der Waals surface area contributed by atoms with Crippen molar-refractivity contribution in [2.75, 3.05) is 13.1 Å². The van der Waals surface area contributed by atoms with Gasteiger partial charge in [-0.1, -0.05) is 18.6 Å². The summed E-state index contributed by atoms with van der Waals surface area (Å²) in [5.41, 5.74) is 5.69. The van der Waals surface area contributed by atoms with Crippen LogP contribution in [0.1, 0.15) is 26.2 Å². The minimum atomic E-state index is -0.394. The molecule has 0 bridgehead atoms. The van der Waals surface area contributed by atoms with Gasteiger partial charge in [-0.3, -0.25) is 4.79 Å². The Bertz CT molecular complexity index is 481. The van der Waals surface area contributed by atoms with Crippen LogP contribution in [0, 0.1) is 17.7 Å². The molecule has 21 heavy (non-hydrogen) atoms. The smallest absolute Gasteiger partial charge is 0.223 e. The lowest BCUT2D eigenvalue weighted by Gasteiger charge is -2.20. The Labute approximate surface area is 124 Å². The summed E-state index contributed by atoms with van der Waals surface area (Å²) in [6, 6.07) is 6.26. The summed E-state index contributed by atoms with van der Waals surface area (Å²) in [4.78, 5) is 12.1. The lowest BCUT2D eigenvalue weighted by atomic mass is 9.95. The van der Waals surface area contributed by atoms with E-state index in [2.05, 4.69) is 5.32 Å². The molecule has 0 heterocycles. The van der Waals surface area contributed by atoms with Gasteiger partial charge in [-0.05, 0) is 44.4 Å². The maximum absolute atomic E-state index is 13.5. The molecular formula is C16H23FN2O2. The van der Waals surface area contributed by atoms with Crippen LogP contribution in [0.15, 0.2) is 24.3 Å². The Kier molecular flexibility index (Phi) is 5.56. The topological polar surface area (TPSA) is 64.4 Å². The Morgan fingerprint density at radius 2 is 2.24 bits per heavy atom. The van der Waals surface area contributed by atoms with E-state index in [1.165, 1.54) is 6.07 Å². The third-order valence-corrected chi connectivity index (χ3v) is 4.03. The number of benzene rings is 1. The van der Waals surface area contributed by atoms with Gasteiger partial charge in [0, 0.05) is 5.92 Å². The average molecular weight is 294 g/mol. The summed E-state index contributed by atoms with van der Waals surface area (Å²) in [5, 5.41) is 2.89. The second-order valence-corrected chi connectivity index (χ2v) is 5.64. The largest absolute Gasteiger partial charge is 0.486 e. The molecule has 4 nitrogen and oxygen atoms in total. The number of nitrogens with two attached hydrogens (primary N) is 1. The van der Waals surface area contributed by atoms with Crippen molar-refractivity contribution in [2.45, 2.75) is 32.3 Å². The standard InChI is InChI=1S/C16H23FN2O2/c1-11(21-15-8-3-2-7-14(15)17)10-19-16(20)13-6-4-5-12(13)9-18/h2-3,7-8,11-13H,4-6,9-10,18H2,1H3,(H,19,20)/t11?,12-,13-/m1/s1. The van der Waals surface area contributed by atoms with Gasteiger partial charge < -0.3 is 15.8 Å². The van der Waals surface area contributed by atoms with Gasteiger partial charge in [-0.25, -0.2) is 4.39 Å². The third kappa shape index (κ3) is 4.17. The van der Waals surface area contributed by atoms with E-state index < -0.39 is 5.82 Å². The molecule has 1 aromatic rings. The molecule has 0 radical (unpaired) electrons. The zero-order chi connectivity index (χ0) is 15.2. The molecule has 0 spiro atoms. The summed E-state index contributed by atoms with van der Waals surface area (Å²) in [6.45, 7) is 2.72. The monoisotopic (exact) mass is 294 g/mol. The van der Waals surface area contributed by atoms with Crippen LogP contribution in [-0.4, -0.2) is 25.1 Å². The number of nitrogens with one attached hydrogen (secondary N) is 1. The number of hydrogen-bond donors (Lipinski definition) is 2. The van der Waals surface area contributed by atoms with Crippen LogP contribution in [0.3, 0.4) is 0 Å². The van der Waals surface area contributed by atoms with Gasteiger partial charge >= 0.3 is 0 Å². The number of amides is 1. The van der Waals surface area contributed by atoms with Crippen molar-refractivity contribution in [1.29, 1.82) is 0 Å². The number of ether oxygens (including phenoxy) is 1. The molecule has 1 aromatic carbocycles. The zero-order valence-corrected chi connectivity index (χ0v) is 12.3. The van der Waals surface area contributed by atoms with Crippen molar-refractivity contribution in [3.05, 3.63) is 30.1 Å². The van der Waals surface area contributed by atoms with Crippen LogP contribution >= 0.6 is 0 Å². The number of carbonyl (C=O) groups is 1. The molecule has 116 valence electrons. The van der Waals surface area contributed by atoms with E-state index in [0.29, 0.717) is 13.1 Å². The highest BCUT2D eigenvalue weighted by Gasteiger charge is 2.31. The predicted molar refractivity (Wildman–Crippen MR) is 79.4 cm³/mol. The van der Waals surface area contributed by atoms with Crippen LogP contribution in [0.4, 0.5) is 4.39 Å². The van der Waals surface area contributed by atoms with E-state index in [1.54, 1.807) is 18.2 Å². The van der Waals surface area contributed by atoms with E-state index in [1.807, 2.05) is 6.92 Å². The summed E-state index contributed by atoms with van der Waals surface area (Å²) in [5.74, 6) is 0.144. The first-order valence-corrected chi connectivity index (χ1v) is 7.50. The van der Waals surface area contributed by atoms with Crippen molar-refractivity contribution < 1.29 is 13.9 Å². The lowest BCUT2D eigenvalue weighted by Crippen LogP contribution is -2.39. The Hall–Kier alpha value is -1.62. The van der Waals surface area contributed by atoms with Crippen molar-refractivity contribution in [2.24, 2.45) is 17.6 Å². The molecule has 1 fully saturated rings. The molecule has 3 N–H and O–H groups in total.